The quantitative estimate of drug-likeness (QED) is 0.622. The van der Waals surface area contributed by atoms with Crippen LogP contribution in [0, 0.1) is 0 Å². The van der Waals surface area contributed by atoms with E-state index in [2.05, 4.69) is 0 Å². The zero-order chi connectivity index (χ0) is 13.9. The second kappa shape index (κ2) is 9.03. The summed E-state index contributed by atoms with van der Waals surface area (Å²) in [6.45, 7) is 0. The molecule has 0 bridgehead atoms. The third kappa shape index (κ3) is 5.46. The van der Waals surface area contributed by atoms with E-state index in [4.69, 9.17) is 9.47 Å². The smallest absolute Gasteiger partial charge is 0.183 e. The van der Waals surface area contributed by atoms with Gasteiger partial charge in [0.1, 0.15) is 6.29 Å². The topological polar surface area (TPSA) is 35.5 Å². The number of hydrogen-bond donors (Lipinski definition) is 0. The van der Waals surface area contributed by atoms with Gasteiger partial charge in [-0.1, -0.05) is 60.7 Å². The Kier molecular flexibility index (Phi) is 7.17. The molecule has 0 radical (unpaired) electrons. The van der Waals surface area contributed by atoms with Gasteiger partial charge in [-0.3, -0.25) is 4.79 Å². The number of aldehydes is 1. The molecule has 0 aromatic heterocycles. The molecule has 0 saturated heterocycles. The molecule has 0 spiro atoms. The van der Waals surface area contributed by atoms with Crippen molar-refractivity contribution in [3.63, 3.8) is 0 Å². The number of methoxy groups -OCH3 is 2. The fourth-order valence-corrected chi connectivity index (χ4v) is 1.51. The van der Waals surface area contributed by atoms with Crippen molar-refractivity contribution < 1.29 is 14.3 Å². The van der Waals surface area contributed by atoms with Crippen LogP contribution in [0.5, 0.6) is 0 Å². The third-order valence-electron chi connectivity index (χ3n) is 2.44. The fraction of sp³-hybridized carbons (Fsp3) is 0.188. The Labute approximate surface area is 113 Å². The van der Waals surface area contributed by atoms with Crippen molar-refractivity contribution in [2.75, 3.05) is 14.2 Å². The minimum absolute atomic E-state index is 0.240. The molecule has 0 unspecified atom stereocenters. The van der Waals surface area contributed by atoms with E-state index in [1.807, 2.05) is 48.5 Å². The fourth-order valence-electron chi connectivity index (χ4n) is 1.51. The van der Waals surface area contributed by atoms with Crippen molar-refractivity contribution in [1.82, 2.24) is 0 Å². The molecule has 100 valence electrons. The number of carbonyl (C=O) groups excluding carboxylic acids is 1. The van der Waals surface area contributed by atoms with Crippen molar-refractivity contribution in [3.8, 4) is 0 Å². The molecule has 2 aromatic carbocycles. The standard InChI is InChI=1S/C9H12O2.C7H6O/c1-10-9(11-2)8-6-4-3-5-7-8;8-6-7-4-2-1-3-5-7/h3-7,9H,1-2H3;1-6H. The zero-order valence-electron chi connectivity index (χ0n) is 11.2. The third-order valence-corrected chi connectivity index (χ3v) is 2.44. The Morgan fingerprint density at radius 1 is 0.842 bits per heavy atom. The van der Waals surface area contributed by atoms with Crippen LogP contribution in [-0.4, -0.2) is 20.5 Å². The van der Waals surface area contributed by atoms with E-state index < -0.39 is 0 Å². The second-order valence-electron chi connectivity index (χ2n) is 3.74. The first-order valence-electron chi connectivity index (χ1n) is 5.92. The van der Waals surface area contributed by atoms with E-state index in [9.17, 15) is 4.79 Å². The van der Waals surface area contributed by atoms with Crippen molar-refractivity contribution in [2.24, 2.45) is 0 Å². The summed E-state index contributed by atoms with van der Waals surface area (Å²) in [4.78, 5) is 10.0. The van der Waals surface area contributed by atoms with Crippen molar-refractivity contribution in [2.45, 2.75) is 6.29 Å². The number of carbonyl (C=O) groups is 1. The van der Waals surface area contributed by atoms with Gasteiger partial charge < -0.3 is 9.47 Å². The number of ether oxygens (including phenoxy) is 2. The Morgan fingerprint density at radius 2 is 1.32 bits per heavy atom. The lowest BCUT2D eigenvalue weighted by atomic mass is 10.2. The molecule has 3 heteroatoms. The van der Waals surface area contributed by atoms with Crippen LogP contribution in [0.25, 0.3) is 0 Å². The molecule has 0 aliphatic carbocycles. The predicted octanol–water partition coefficient (Wildman–Crippen LogP) is 3.48. The molecular weight excluding hydrogens is 240 g/mol. The maximum absolute atomic E-state index is 10.0. The normalized spacial score (nSPS) is 9.63. The summed E-state index contributed by atoms with van der Waals surface area (Å²) in [5, 5.41) is 0. The van der Waals surface area contributed by atoms with E-state index in [0.29, 0.717) is 0 Å². The molecule has 0 fully saturated rings. The van der Waals surface area contributed by atoms with Crippen molar-refractivity contribution in [3.05, 3.63) is 71.8 Å². The van der Waals surface area contributed by atoms with Crippen molar-refractivity contribution in [1.29, 1.82) is 0 Å². The van der Waals surface area contributed by atoms with E-state index in [1.54, 1.807) is 26.4 Å². The number of hydrogen-bond acceptors (Lipinski definition) is 3. The summed E-state index contributed by atoms with van der Waals surface area (Å²) in [6, 6.07) is 18.9. The van der Waals surface area contributed by atoms with E-state index in [0.717, 1.165) is 17.4 Å². The first kappa shape index (κ1) is 15.1. The van der Waals surface area contributed by atoms with Gasteiger partial charge in [0.05, 0.1) is 0 Å². The Balaban J connectivity index is 0.000000200. The summed E-state index contributed by atoms with van der Waals surface area (Å²) in [7, 11) is 3.25. The van der Waals surface area contributed by atoms with E-state index in [-0.39, 0.29) is 6.29 Å². The van der Waals surface area contributed by atoms with Gasteiger partial charge in [-0.2, -0.15) is 0 Å². The minimum atomic E-state index is -0.240. The van der Waals surface area contributed by atoms with Gasteiger partial charge in [0, 0.05) is 25.3 Å². The van der Waals surface area contributed by atoms with Gasteiger partial charge >= 0.3 is 0 Å². The lowest BCUT2D eigenvalue weighted by Gasteiger charge is -2.12. The van der Waals surface area contributed by atoms with Gasteiger partial charge in [-0.25, -0.2) is 0 Å². The van der Waals surface area contributed by atoms with Crippen LogP contribution in [0.4, 0.5) is 0 Å². The van der Waals surface area contributed by atoms with Crippen LogP contribution < -0.4 is 0 Å². The molecule has 0 N–H and O–H groups in total. The van der Waals surface area contributed by atoms with Crippen LogP contribution in [0.15, 0.2) is 60.7 Å². The number of rotatable bonds is 4. The lowest BCUT2D eigenvalue weighted by molar-refractivity contribution is -0.106. The van der Waals surface area contributed by atoms with Crippen LogP contribution >= 0.6 is 0 Å². The summed E-state index contributed by atoms with van der Waals surface area (Å²) in [5.41, 5.74) is 1.77. The van der Waals surface area contributed by atoms with Gasteiger partial charge in [0.25, 0.3) is 0 Å². The second-order valence-corrected chi connectivity index (χ2v) is 3.74. The molecule has 3 nitrogen and oxygen atoms in total. The van der Waals surface area contributed by atoms with E-state index >= 15 is 0 Å². The highest BCUT2D eigenvalue weighted by atomic mass is 16.7. The highest BCUT2D eigenvalue weighted by molar-refractivity contribution is 5.74. The highest BCUT2D eigenvalue weighted by Gasteiger charge is 2.05. The lowest BCUT2D eigenvalue weighted by Crippen LogP contribution is -2.02. The summed E-state index contributed by atoms with van der Waals surface area (Å²) in [5.74, 6) is 0. The van der Waals surface area contributed by atoms with Crippen LogP contribution in [-0.2, 0) is 9.47 Å². The Hall–Kier alpha value is -1.97. The number of benzene rings is 2. The minimum Gasteiger partial charge on any atom is -0.352 e. The van der Waals surface area contributed by atoms with Gasteiger partial charge in [-0.15, -0.1) is 0 Å². The average molecular weight is 258 g/mol. The molecule has 0 heterocycles. The molecule has 0 saturated carbocycles. The highest BCUT2D eigenvalue weighted by Crippen LogP contribution is 2.15. The van der Waals surface area contributed by atoms with E-state index in [1.165, 1.54) is 0 Å². The molecule has 0 aliphatic heterocycles. The molecular formula is C16H18O3. The van der Waals surface area contributed by atoms with Crippen molar-refractivity contribution >= 4 is 6.29 Å². The molecule has 0 amide bonds. The predicted molar refractivity (Wildman–Crippen MR) is 75.0 cm³/mol. The SMILES string of the molecule is COC(OC)c1ccccc1.O=Cc1ccccc1. The maximum Gasteiger partial charge on any atom is 0.183 e. The first-order chi connectivity index (χ1) is 9.31. The largest absolute Gasteiger partial charge is 0.352 e. The summed E-state index contributed by atoms with van der Waals surface area (Å²) >= 11 is 0. The molecule has 2 aromatic rings. The maximum atomic E-state index is 10.0. The zero-order valence-corrected chi connectivity index (χ0v) is 11.2. The Morgan fingerprint density at radius 3 is 1.68 bits per heavy atom. The van der Waals surface area contributed by atoms with Crippen LogP contribution in [0.2, 0.25) is 0 Å². The Bertz CT molecular complexity index is 450. The van der Waals surface area contributed by atoms with Crippen LogP contribution in [0.1, 0.15) is 22.2 Å². The van der Waals surface area contributed by atoms with Crippen LogP contribution in [0.3, 0.4) is 0 Å². The molecule has 0 aliphatic rings. The average Bonchev–Trinajstić information content (AvgIpc) is 2.51. The first-order valence-corrected chi connectivity index (χ1v) is 5.92. The molecule has 19 heavy (non-hydrogen) atoms. The molecule has 0 atom stereocenters. The van der Waals surface area contributed by atoms with Gasteiger partial charge in [-0.05, 0) is 0 Å². The molecule has 2 rings (SSSR count). The van der Waals surface area contributed by atoms with Gasteiger partial charge in [0.15, 0.2) is 6.29 Å². The van der Waals surface area contributed by atoms with Gasteiger partial charge in [0.2, 0.25) is 0 Å². The monoisotopic (exact) mass is 258 g/mol. The summed E-state index contributed by atoms with van der Waals surface area (Å²) in [6.07, 6.45) is 0.594. The summed E-state index contributed by atoms with van der Waals surface area (Å²) < 4.78 is 10.1.